The van der Waals surface area contributed by atoms with E-state index < -0.39 is 5.82 Å². The summed E-state index contributed by atoms with van der Waals surface area (Å²) in [6.07, 6.45) is 3.38. The van der Waals surface area contributed by atoms with E-state index in [1.54, 1.807) is 19.4 Å². The van der Waals surface area contributed by atoms with Crippen LogP contribution in [0.1, 0.15) is 6.42 Å². The van der Waals surface area contributed by atoms with Gasteiger partial charge in [0.2, 0.25) is 5.91 Å². The molecule has 0 radical (unpaired) electrons. The zero-order valence-electron chi connectivity index (χ0n) is 11.0. The van der Waals surface area contributed by atoms with Gasteiger partial charge in [-0.2, -0.15) is 0 Å². The Bertz CT molecular complexity index is 690. The van der Waals surface area contributed by atoms with Crippen molar-refractivity contribution in [3.8, 4) is 0 Å². The molecule has 0 aliphatic carbocycles. The van der Waals surface area contributed by atoms with E-state index in [0.29, 0.717) is 5.69 Å². The molecule has 0 atom stereocenters. The Balaban J connectivity index is 1.94. The number of carbonyl (C=O) groups is 1. The van der Waals surface area contributed by atoms with Gasteiger partial charge in [-0.1, -0.05) is 0 Å². The number of hydrogen-bond donors (Lipinski definition) is 2. The third kappa shape index (κ3) is 3.05. The maximum absolute atomic E-state index is 13.0. The molecule has 0 saturated carbocycles. The van der Waals surface area contributed by atoms with Gasteiger partial charge in [0, 0.05) is 38.1 Å². The van der Waals surface area contributed by atoms with Crippen LogP contribution in [0, 0.1) is 5.82 Å². The largest absolute Gasteiger partial charge is 0.396 e. The van der Waals surface area contributed by atoms with Gasteiger partial charge in [0.05, 0.1) is 5.69 Å². The van der Waals surface area contributed by atoms with E-state index in [2.05, 4.69) is 5.32 Å². The highest BCUT2D eigenvalue weighted by Gasteiger charge is 2.06. The lowest BCUT2D eigenvalue weighted by atomic mass is 10.2. The smallest absolute Gasteiger partial charge is 0.327 e. The SMILES string of the molecule is Cn1ccn(CCC(=O)Nc2ccc(F)c(N)c2)c1=O. The van der Waals surface area contributed by atoms with Gasteiger partial charge < -0.3 is 15.6 Å². The van der Waals surface area contributed by atoms with Gasteiger partial charge in [0.1, 0.15) is 5.82 Å². The fourth-order valence-corrected chi connectivity index (χ4v) is 1.75. The van der Waals surface area contributed by atoms with Gasteiger partial charge in [-0.25, -0.2) is 9.18 Å². The number of carbonyl (C=O) groups excluding carboxylic acids is 1. The van der Waals surface area contributed by atoms with Crippen LogP contribution < -0.4 is 16.7 Å². The molecule has 1 aromatic carbocycles. The number of aryl methyl sites for hydroxylation is 2. The minimum absolute atomic E-state index is 0.0259. The van der Waals surface area contributed by atoms with Crippen LogP contribution in [-0.4, -0.2) is 15.0 Å². The van der Waals surface area contributed by atoms with Gasteiger partial charge in [-0.15, -0.1) is 0 Å². The van der Waals surface area contributed by atoms with E-state index in [0.717, 1.165) is 0 Å². The zero-order chi connectivity index (χ0) is 14.7. The number of nitrogen functional groups attached to an aromatic ring is 1. The van der Waals surface area contributed by atoms with Crippen molar-refractivity contribution in [2.24, 2.45) is 7.05 Å². The Morgan fingerprint density at radius 1 is 1.40 bits per heavy atom. The van der Waals surface area contributed by atoms with Crippen LogP contribution in [0.4, 0.5) is 15.8 Å². The van der Waals surface area contributed by atoms with Gasteiger partial charge >= 0.3 is 5.69 Å². The first-order chi connectivity index (χ1) is 9.47. The first kappa shape index (κ1) is 13.9. The summed E-state index contributed by atoms with van der Waals surface area (Å²) in [5, 5.41) is 2.60. The molecule has 0 aliphatic heterocycles. The summed E-state index contributed by atoms with van der Waals surface area (Å²) < 4.78 is 15.8. The molecule has 0 fully saturated rings. The predicted molar refractivity (Wildman–Crippen MR) is 73.7 cm³/mol. The molecule has 106 valence electrons. The second kappa shape index (κ2) is 5.60. The van der Waals surface area contributed by atoms with E-state index in [4.69, 9.17) is 5.73 Å². The van der Waals surface area contributed by atoms with Crippen LogP contribution in [0.25, 0.3) is 0 Å². The van der Waals surface area contributed by atoms with Crippen LogP contribution in [0.2, 0.25) is 0 Å². The van der Waals surface area contributed by atoms with Crippen LogP contribution in [-0.2, 0) is 18.4 Å². The lowest BCUT2D eigenvalue weighted by molar-refractivity contribution is -0.116. The Hall–Kier alpha value is -2.57. The molecule has 0 aliphatic rings. The lowest BCUT2D eigenvalue weighted by Crippen LogP contribution is -2.24. The third-order valence-electron chi connectivity index (χ3n) is 2.88. The predicted octanol–water partition coefficient (Wildman–Crippen LogP) is 0.937. The summed E-state index contributed by atoms with van der Waals surface area (Å²) in [4.78, 5) is 23.3. The van der Waals surface area contributed by atoms with Crippen molar-refractivity contribution >= 4 is 17.3 Å². The van der Waals surface area contributed by atoms with E-state index in [9.17, 15) is 14.0 Å². The molecule has 3 N–H and O–H groups in total. The van der Waals surface area contributed by atoms with Gasteiger partial charge in [0.25, 0.3) is 0 Å². The van der Waals surface area contributed by atoms with Crippen LogP contribution in [0.3, 0.4) is 0 Å². The fraction of sp³-hybridized carbons (Fsp3) is 0.231. The second-order valence-electron chi connectivity index (χ2n) is 4.42. The third-order valence-corrected chi connectivity index (χ3v) is 2.88. The molecular formula is C13H15FN4O2. The lowest BCUT2D eigenvalue weighted by Gasteiger charge is -2.06. The molecule has 2 rings (SSSR count). The number of hydrogen-bond acceptors (Lipinski definition) is 3. The Morgan fingerprint density at radius 3 is 2.75 bits per heavy atom. The average molecular weight is 278 g/mol. The van der Waals surface area contributed by atoms with Crippen molar-refractivity contribution < 1.29 is 9.18 Å². The number of amides is 1. The maximum Gasteiger partial charge on any atom is 0.327 e. The molecule has 7 heteroatoms. The standard InChI is InChI=1S/C13H15FN4O2/c1-17-6-7-18(13(17)20)5-4-12(19)16-9-2-3-10(14)11(15)8-9/h2-3,6-8H,4-5,15H2,1H3,(H,16,19). The highest BCUT2D eigenvalue weighted by atomic mass is 19.1. The molecule has 1 heterocycles. The summed E-state index contributed by atoms with van der Waals surface area (Å²) in [6.45, 7) is 0.280. The van der Waals surface area contributed by atoms with Crippen LogP contribution >= 0.6 is 0 Å². The monoisotopic (exact) mass is 278 g/mol. The van der Waals surface area contributed by atoms with Gasteiger partial charge in [-0.05, 0) is 18.2 Å². The second-order valence-corrected chi connectivity index (χ2v) is 4.42. The number of nitrogens with two attached hydrogens (primary N) is 1. The summed E-state index contributed by atoms with van der Waals surface area (Å²) in [5.41, 5.74) is 5.63. The molecule has 0 saturated heterocycles. The fourth-order valence-electron chi connectivity index (χ4n) is 1.75. The zero-order valence-corrected chi connectivity index (χ0v) is 11.0. The number of benzene rings is 1. The Morgan fingerprint density at radius 2 is 2.15 bits per heavy atom. The molecular weight excluding hydrogens is 263 g/mol. The van der Waals surface area contributed by atoms with Crippen molar-refractivity contribution in [3.05, 3.63) is 46.9 Å². The van der Waals surface area contributed by atoms with Crippen LogP contribution in [0.5, 0.6) is 0 Å². The number of imidazole rings is 1. The van der Waals surface area contributed by atoms with Crippen molar-refractivity contribution in [3.63, 3.8) is 0 Å². The number of nitrogens with zero attached hydrogens (tertiary/aromatic N) is 2. The van der Waals surface area contributed by atoms with E-state index >= 15 is 0 Å². The van der Waals surface area contributed by atoms with Gasteiger partial charge in [0.15, 0.2) is 0 Å². The minimum atomic E-state index is -0.529. The van der Waals surface area contributed by atoms with Crippen molar-refractivity contribution in [1.29, 1.82) is 0 Å². The molecule has 1 aromatic heterocycles. The van der Waals surface area contributed by atoms with Crippen molar-refractivity contribution in [2.45, 2.75) is 13.0 Å². The summed E-state index contributed by atoms with van der Waals surface area (Å²) in [7, 11) is 1.64. The quantitative estimate of drug-likeness (QED) is 0.816. The first-order valence-corrected chi connectivity index (χ1v) is 6.04. The molecule has 0 spiro atoms. The minimum Gasteiger partial charge on any atom is -0.396 e. The Kier molecular flexibility index (Phi) is 3.88. The topological polar surface area (TPSA) is 82.1 Å². The van der Waals surface area contributed by atoms with Crippen molar-refractivity contribution in [1.82, 2.24) is 9.13 Å². The maximum atomic E-state index is 13.0. The number of halogens is 1. The number of nitrogens with one attached hydrogen (secondary N) is 1. The average Bonchev–Trinajstić information content (AvgIpc) is 2.72. The highest BCUT2D eigenvalue weighted by molar-refractivity contribution is 5.91. The summed E-state index contributed by atoms with van der Waals surface area (Å²) >= 11 is 0. The van der Waals surface area contributed by atoms with E-state index in [1.165, 1.54) is 27.3 Å². The molecule has 2 aromatic rings. The summed E-state index contributed by atoms with van der Waals surface area (Å²) in [6, 6.07) is 3.97. The molecule has 0 bridgehead atoms. The van der Waals surface area contributed by atoms with Gasteiger partial charge in [-0.3, -0.25) is 9.36 Å². The number of anilines is 2. The molecule has 20 heavy (non-hydrogen) atoms. The van der Waals surface area contributed by atoms with Crippen LogP contribution in [0.15, 0.2) is 35.4 Å². The van der Waals surface area contributed by atoms with Crippen molar-refractivity contribution in [2.75, 3.05) is 11.1 Å². The highest BCUT2D eigenvalue weighted by Crippen LogP contribution is 2.16. The Labute approximate surface area is 114 Å². The first-order valence-electron chi connectivity index (χ1n) is 6.04. The summed E-state index contributed by atoms with van der Waals surface area (Å²) in [5.74, 6) is -0.800. The van der Waals surface area contributed by atoms with E-state index in [1.807, 2.05) is 0 Å². The molecule has 6 nitrogen and oxygen atoms in total. The molecule has 0 unspecified atom stereocenters. The van der Waals surface area contributed by atoms with E-state index in [-0.39, 0.29) is 30.2 Å². The molecule has 1 amide bonds. The normalized spacial score (nSPS) is 10.5. The number of aromatic nitrogens is 2. The number of rotatable bonds is 4.